The molecule has 0 bridgehead atoms. The summed E-state index contributed by atoms with van der Waals surface area (Å²) in [6.07, 6.45) is 0. The van der Waals surface area contributed by atoms with Crippen LogP contribution in [0.15, 0.2) is 34.1 Å². The summed E-state index contributed by atoms with van der Waals surface area (Å²) < 4.78 is 68.1. The highest BCUT2D eigenvalue weighted by Crippen LogP contribution is 2.38. The monoisotopic (exact) mass is 495 g/mol. The van der Waals surface area contributed by atoms with Crippen LogP contribution < -0.4 is 4.18 Å². The molecule has 0 aromatic heterocycles. The Balaban J connectivity index is 2.78. The first-order valence-corrected chi connectivity index (χ1v) is 14.0. The summed E-state index contributed by atoms with van der Waals surface area (Å²) in [5.41, 5.74) is 2.91. The SMILES string of the molecule is Cc1cc(S(=O)(=O)[O-])c(C(C)C)cc1OS(=O)(=O)c1c(C(C)C)cc(C(C)C)cc1C(C)C. The molecule has 0 unspecified atom stereocenters. The lowest BCUT2D eigenvalue weighted by Crippen LogP contribution is -2.18. The van der Waals surface area contributed by atoms with Crippen molar-refractivity contribution >= 4 is 20.2 Å². The molecule has 33 heavy (non-hydrogen) atoms. The van der Waals surface area contributed by atoms with Gasteiger partial charge in [0, 0.05) is 0 Å². The van der Waals surface area contributed by atoms with Gasteiger partial charge in [0.2, 0.25) is 0 Å². The van der Waals surface area contributed by atoms with Crippen LogP contribution in [-0.4, -0.2) is 21.4 Å². The molecule has 8 heteroatoms. The number of aryl methyl sites for hydroxylation is 1. The molecule has 2 aromatic carbocycles. The van der Waals surface area contributed by atoms with Crippen molar-refractivity contribution in [3.63, 3.8) is 0 Å². The Morgan fingerprint density at radius 2 is 1.15 bits per heavy atom. The summed E-state index contributed by atoms with van der Waals surface area (Å²) in [5, 5.41) is 0. The Labute approximate surface area is 199 Å². The maximum Gasteiger partial charge on any atom is 0.339 e. The molecule has 0 spiro atoms. The smallest absolute Gasteiger partial charge is 0.339 e. The zero-order valence-corrected chi connectivity index (χ0v) is 22.5. The van der Waals surface area contributed by atoms with Crippen molar-refractivity contribution in [3.05, 3.63) is 52.1 Å². The van der Waals surface area contributed by atoms with Gasteiger partial charge in [-0.05, 0) is 70.5 Å². The van der Waals surface area contributed by atoms with Crippen LogP contribution >= 0.6 is 0 Å². The minimum atomic E-state index is -4.72. The largest absolute Gasteiger partial charge is 0.744 e. The Kier molecular flexibility index (Phi) is 8.09. The van der Waals surface area contributed by atoms with Gasteiger partial charge in [-0.3, -0.25) is 0 Å². The fourth-order valence-corrected chi connectivity index (χ4v) is 6.34. The summed E-state index contributed by atoms with van der Waals surface area (Å²) in [6.45, 7) is 16.9. The van der Waals surface area contributed by atoms with E-state index in [9.17, 15) is 21.4 Å². The van der Waals surface area contributed by atoms with Gasteiger partial charge in [0.25, 0.3) is 0 Å². The van der Waals surface area contributed by atoms with Crippen molar-refractivity contribution in [1.82, 2.24) is 0 Å². The van der Waals surface area contributed by atoms with E-state index in [1.165, 1.54) is 19.1 Å². The summed E-state index contributed by atoms with van der Waals surface area (Å²) in [4.78, 5) is -0.199. The number of benzene rings is 2. The van der Waals surface area contributed by atoms with Crippen molar-refractivity contribution in [2.24, 2.45) is 0 Å². The molecule has 0 heterocycles. The van der Waals surface area contributed by atoms with E-state index in [1.54, 1.807) is 13.8 Å². The van der Waals surface area contributed by atoms with E-state index in [4.69, 9.17) is 4.18 Å². The molecular formula is C25H35O6S2-. The number of hydrogen-bond acceptors (Lipinski definition) is 6. The Bertz CT molecular complexity index is 1210. The average molecular weight is 496 g/mol. The molecule has 0 saturated carbocycles. The first-order valence-electron chi connectivity index (χ1n) is 11.2. The van der Waals surface area contributed by atoms with Gasteiger partial charge in [-0.1, -0.05) is 67.5 Å². The van der Waals surface area contributed by atoms with E-state index in [-0.39, 0.29) is 50.3 Å². The molecule has 0 fully saturated rings. The predicted molar refractivity (Wildman–Crippen MR) is 130 cm³/mol. The lowest BCUT2D eigenvalue weighted by Gasteiger charge is -2.23. The Morgan fingerprint density at radius 1 is 0.697 bits per heavy atom. The van der Waals surface area contributed by atoms with Gasteiger partial charge < -0.3 is 8.74 Å². The van der Waals surface area contributed by atoms with Gasteiger partial charge in [-0.15, -0.1) is 0 Å². The van der Waals surface area contributed by atoms with Gasteiger partial charge in [0.15, 0.2) is 0 Å². The Morgan fingerprint density at radius 3 is 1.52 bits per heavy atom. The van der Waals surface area contributed by atoms with Crippen LogP contribution in [0.2, 0.25) is 0 Å². The molecule has 2 rings (SSSR count). The lowest BCUT2D eigenvalue weighted by molar-refractivity contribution is 0.460. The van der Waals surface area contributed by atoms with Crippen molar-refractivity contribution < 1.29 is 25.6 Å². The van der Waals surface area contributed by atoms with E-state index in [0.29, 0.717) is 11.1 Å². The van der Waals surface area contributed by atoms with Crippen LogP contribution in [-0.2, 0) is 20.2 Å². The van der Waals surface area contributed by atoms with Crippen molar-refractivity contribution in [1.29, 1.82) is 0 Å². The first kappa shape index (κ1) is 27.3. The number of hydrogen-bond donors (Lipinski definition) is 0. The molecule has 0 N–H and O–H groups in total. The third kappa shape index (κ3) is 5.97. The minimum Gasteiger partial charge on any atom is -0.744 e. The summed E-state index contributed by atoms with van der Waals surface area (Å²) >= 11 is 0. The normalized spacial score (nSPS) is 12.9. The zero-order chi connectivity index (χ0) is 25.5. The van der Waals surface area contributed by atoms with E-state index in [1.807, 2.05) is 39.8 Å². The van der Waals surface area contributed by atoms with E-state index in [0.717, 1.165) is 5.56 Å². The van der Waals surface area contributed by atoms with E-state index in [2.05, 4.69) is 13.8 Å². The Hall–Kier alpha value is -1.90. The molecule has 0 saturated heterocycles. The molecule has 0 atom stereocenters. The van der Waals surface area contributed by atoms with Gasteiger partial charge in [-0.2, -0.15) is 8.42 Å². The molecule has 0 aliphatic heterocycles. The van der Waals surface area contributed by atoms with Crippen LogP contribution in [0.5, 0.6) is 5.75 Å². The van der Waals surface area contributed by atoms with Gasteiger partial charge in [0.1, 0.15) is 20.8 Å². The van der Waals surface area contributed by atoms with E-state index >= 15 is 0 Å². The molecule has 0 aliphatic rings. The fourth-order valence-electron chi connectivity index (χ4n) is 3.77. The quantitative estimate of drug-likeness (QED) is 0.321. The van der Waals surface area contributed by atoms with Crippen molar-refractivity contribution in [2.75, 3.05) is 0 Å². The van der Waals surface area contributed by atoms with Gasteiger partial charge in [0.05, 0.1) is 4.90 Å². The molecule has 6 nitrogen and oxygen atoms in total. The van der Waals surface area contributed by atoms with E-state index < -0.39 is 20.2 Å². The number of rotatable bonds is 8. The second-order valence-corrected chi connectivity index (χ2v) is 12.6. The van der Waals surface area contributed by atoms with Crippen LogP contribution in [0.3, 0.4) is 0 Å². The van der Waals surface area contributed by atoms with Crippen LogP contribution in [0.1, 0.15) is 107 Å². The summed E-state index contributed by atoms with van der Waals surface area (Å²) in [6, 6.07) is 6.40. The maximum atomic E-state index is 13.6. The fraction of sp³-hybridized carbons (Fsp3) is 0.520. The lowest BCUT2D eigenvalue weighted by atomic mass is 9.89. The standard InChI is InChI=1S/C25H36O6S2/c1-14(2)19-11-21(16(5)6)25(22(12-19)17(7)8)33(29,30)31-23-13-20(15(3)4)24(10-18(23)9)32(26,27)28/h10-17H,1-9H3,(H,26,27,28)/p-1. The highest BCUT2D eigenvalue weighted by Gasteiger charge is 2.30. The van der Waals surface area contributed by atoms with Crippen molar-refractivity contribution in [2.45, 2.75) is 95.8 Å². The highest BCUT2D eigenvalue weighted by atomic mass is 32.2. The van der Waals surface area contributed by atoms with Crippen LogP contribution in [0.4, 0.5) is 0 Å². The van der Waals surface area contributed by atoms with Gasteiger partial charge in [-0.25, -0.2) is 8.42 Å². The highest BCUT2D eigenvalue weighted by molar-refractivity contribution is 7.87. The zero-order valence-electron chi connectivity index (χ0n) is 20.9. The molecule has 0 radical (unpaired) electrons. The molecule has 2 aromatic rings. The second kappa shape index (κ2) is 9.76. The molecular weight excluding hydrogens is 460 g/mol. The second-order valence-electron chi connectivity index (χ2n) is 9.79. The summed E-state index contributed by atoms with van der Waals surface area (Å²) in [7, 11) is -8.97. The summed E-state index contributed by atoms with van der Waals surface area (Å²) in [5.74, 6) is -0.194. The molecule has 0 aliphatic carbocycles. The minimum absolute atomic E-state index is 0.0171. The van der Waals surface area contributed by atoms with Crippen LogP contribution in [0, 0.1) is 6.92 Å². The van der Waals surface area contributed by atoms with Crippen LogP contribution in [0.25, 0.3) is 0 Å². The molecule has 0 amide bonds. The predicted octanol–water partition coefficient (Wildman–Crippen LogP) is 6.16. The molecule has 184 valence electrons. The topological polar surface area (TPSA) is 101 Å². The third-order valence-electron chi connectivity index (χ3n) is 5.73. The maximum absolute atomic E-state index is 13.6. The first-order chi connectivity index (χ1) is 15.0. The van der Waals surface area contributed by atoms with Crippen molar-refractivity contribution in [3.8, 4) is 5.75 Å². The van der Waals surface area contributed by atoms with Gasteiger partial charge >= 0.3 is 10.1 Å². The average Bonchev–Trinajstić information content (AvgIpc) is 2.66. The third-order valence-corrected chi connectivity index (χ3v) is 7.99.